The van der Waals surface area contributed by atoms with Crippen molar-refractivity contribution in [2.24, 2.45) is 0 Å². The Labute approximate surface area is 173 Å². The minimum Gasteiger partial charge on any atom is -0.467 e. The van der Waals surface area contributed by atoms with E-state index in [4.69, 9.17) is 4.42 Å². The molecule has 0 saturated carbocycles. The maximum Gasteiger partial charge on any atom is 0.331 e. The Hall–Kier alpha value is -3.87. The van der Waals surface area contributed by atoms with Crippen LogP contribution >= 0.6 is 0 Å². The van der Waals surface area contributed by atoms with Gasteiger partial charge in [0.25, 0.3) is 11.8 Å². The number of furan rings is 1. The first-order valence-corrected chi connectivity index (χ1v) is 9.52. The summed E-state index contributed by atoms with van der Waals surface area (Å²) in [6, 6.07) is 12.6. The molecule has 1 aliphatic rings. The number of hydrogen-bond donors (Lipinski definition) is 1. The molecule has 1 fully saturated rings. The predicted molar refractivity (Wildman–Crippen MR) is 111 cm³/mol. The Kier molecular flexibility index (Phi) is 4.87. The van der Waals surface area contributed by atoms with Gasteiger partial charge < -0.3 is 8.98 Å². The number of hydrogen-bond acceptors (Lipinski definition) is 4. The fourth-order valence-corrected chi connectivity index (χ4v) is 3.58. The van der Waals surface area contributed by atoms with Gasteiger partial charge in [0.2, 0.25) is 0 Å². The first-order valence-electron chi connectivity index (χ1n) is 9.52. The van der Waals surface area contributed by atoms with Gasteiger partial charge in [-0.3, -0.25) is 19.8 Å². The quantitative estimate of drug-likeness (QED) is 0.532. The molecule has 1 saturated heterocycles. The number of aryl methyl sites for hydroxylation is 2. The zero-order valence-corrected chi connectivity index (χ0v) is 16.9. The fraction of sp³-hybridized carbons (Fsp3) is 0.174. The van der Waals surface area contributed by atoms with Crippen molar-refractivity contribution in [3.05, 3.63) is 82.6 Å². The number of rotatable bonds is 4. The third-order valence-electron chi connectivity index (χ3n) is 5.14. The SMILES string of the molecule is Cc1ccc(-n2c(C)cc(/C=C3/C(=O)NC(=O)N(Cc4ccco4)C3=O)c2C)cc1. The Morgan fingerprint density at radius 1 is 1.03 bits per heavy atom. The lowest BCUT2D eigenvalue weighted by atomic mass is 10.1. The van der Waals surface area contributed by atoms with Gasteiger partial charge in [0.15, 0.2) is 0 Å². The molecule has 0 atom stereocenters. The van der Waals surface area contributed by atoms with Crippen molar-refractivity contribution < 1.29 is 18.8 Å². The topological polar surface area (TPSA) is 84.6 Å². The van der Waals surface area contributed by atoms with E-state index in [-0.39, 0.29) is 12.1 Å². The highest BCUT2D eigenvalue weighted by Gasteiger charge is 2.36. The monoisotopic (exact) mass is 403 g/mol. The van der Waals surface area contributed by atoms with Crippen LogP contribution in [0.5, 0.6) is 0 Å². The summed E-state index contributed by atoms with van der Waals surface area (Å²) in [6.45, 7) is 5.86. The second-order valence-electron chi connectivity index (χ2n) is 7.29. The molecule has 2 aromatic heterocycles. The summed E-state index contributed by atoms with van der Waals surface area (Å²) in [7, 11) is 0. The number of benzene rings is 1. The molecule has 7 heteroatoms. The van der Waals surface area contributed by atoms with E-state index in [1.54, 1.807) is 12.1 Å². The molecule has 4 rings (SSSR count). The van der Waals surface area contributed by atoms with Crippen molar-refractivity contribution in [1.82, 2.24) is 14.8 Å². The number of urea groups is 1. The summed E-state index contributed by atoms with van der Waals surface area (Å²) in [4.78, 5) is 38.5. The van der Waals surface area contributed by atoms with Crippen molar-refractivity contribution >= 4 is 23.9 Å². The molecular formula is C23H21N3O4. The third kappa shape index (κ3) is 3.45. The van der Waals surface area contributed by atoms with Gasteiger partial charge in [-0.2, -0.15) is 0 Å². The van der Waals surface area contributed by atoms with E-state index in [0.717, 1.165) is 33.1 Å². The van der Waals surface area contributed by atoms with Crippen LogP contribution in [0.25, 0.3) is 11.8 Å². The van der Waals surface area contributed by atoms with Gasteiger partial charge in [-0.05, 0) is 62.7 Å². The van der Waals surface area contributed by atoms with Crippen LogP contribution < -0.4 is 5.32 Å². The molecule has 7 nitrogen and oxygen atoms in total. The minimum atomic E-state index is -0.760. The number of carbonyl (C=O) groups is 3. The number of carbonyl (C=O) groups excluding carboxylic acids is 3. The highest BCUT2D eigenvalue weighted by molar-refractivity contribution is 6.31. The van der Waals surface area contributed by atoms with Crippen LogP contribution in [0.2, 0.25) is 0 Å². The van der Waals surface area contributed by atoms with Gasteiger partial charge in [-0.25, -0.2) is 4.79 Å². The van der Waals surface area contributed by atoms with Crippen molar-refractivity contribution in [3.63, 3.8) is 0 Å². The van der Waals surface area contributed by atoms with Crippen LogP contribution in [-0.4, -0.2) is 27.3 Å². The van der Waals surface area contributed by atoms with E-state index >= 15 is 0 Å². The fourth-order valence-electron chi connectivity index (χ4n) is 3.58. The van der Waals surface area contributed by atoms with E-state index in [0.29, 0.717) is 5.76 Å². The van der Waals surface area contributed by atoms with Crippen molar-refractivity contribution in [2.45, 2.75) is 27.3 Å². The maximum absolute atomic E-state index is 12.9. The van der Waals surface area contributed by atoms with Gasteiger partial charge in [0.05, 0.1) is 12.8 Å². The summed E-state index contributed by atoms with van der Waals surface area (Å²) in [6.07, 6.45) is 3.00. The van der Waals surface area contributed by atoms with Gasteiger partial charge in [-0.1, -0.05) is 17.7 Å². The van der Waals surface area contributed by atoms with Crippen LogP contribution in [0.4, 0.5) is 4.79 Å². The first kappa shape index (κ1) is 19.4. The second kappa shape index (κ2) is 7.51. The highest BCUT2D eigenvalue weighted by Crippen LogP contribution is 2.25. The van der Waals surface area contributed by atoms with Gasteiger partial charge >= 0.3 is 6.03 Å². The smallest absolute Gasteiger partial charge is 0.331 e. The zero-order valence-electron chi connectivity index (χ0n) is 16.9. The Morgan fingerprint density at radius 2 is 1.77 bits per heavy atom. The summed E-state index contributed by atoms with van der Waals surface area (Å²) in [5.74, 6) is -0.911. The molecule has 3 heterocycles. The lowest BCUT2D eigenvalue weighted by Crippen LogP contribution is -2.53. The third-order valence-corrected chi connectivity index (χ3v) is 5.14. The Bertz CT molecular complexity index is 1170. The van der Waals surface area contributed by atoms with E-state index in [2.05, 4.69) is 9.88 Å². The molecule has 4 amide bonds. The average Bonchev–Trinajstić information content (AvgIpc) is 3.31. The molecule has 1 aliphatic heterocycles. The molecule has 30 heavy (non-hydrogen) atoms. The largest absolute Gasteiger partial charge is 0.467 e. The van der Waals surface area contributed by atoms with Crippen LogP contribution in [0.15, 0.2) is 58.7 Å². The number of amides is 4. The summed E-state index contributed by atoms with van der Waals surface area (Å²) in [5.41, 5.74) is 4.65. The summed E-state index contributed by atoms with van der Waals surface area (Å²) in [5, 5.41) is 2.23. The predicted octanol–water partition coefficient (Wildman–Crippen LogP) is 3.66. The van der Waals surface area contributed by atoms with E-state index in [1.165, 1.54) is 12.3 Å². The van der Waals surface area contributed by atoms with Crippen molar-refractivity contribution in [1.29, 1.82) is 0 Å². The number of nitrogens with zero attached hydrogens (tertiary/aromatic N) is 2. The molecule has 1 N–H and O–H groups in total. The molecule has 0 radical (unpaired) electrons. The lowest BCUT2D eigenvalue weighted by molar-refractivity contribution is -0.130. The molecule has 0 aliphatic carbocycles. The maximum atomic E-state index is 12.9. The van der Waals surface area contributed by atoms with Crippen molar-refractivity contribution in [2.75, 3.05) is 0 Å². The summed E-state index contributed by atoms with van der Waals surface area (Å²) < 4.78 is 7.29. The number of nitrogens with one attached hydrogen (secondary N) is 1. The molecule has 3 aromatic rings. The van der Waals surface area contributed by atoms with Gasteiger partial charge in [-0.15, -0.1) is 0 Å². The van der Waals surface area contributed by atoms with Crippen LogP contribution in [0, 0.1) is 20.8 Å². The standard InChI is InChI=1S/C23H21N3O4/c1-14-6-8-18(9-7-14)26-15(2)11-17(16(26)3)12-20-21(27)24-23(29)25(22(20)28)13-19-5-4-10-30-19/h4-12H,13H2,1-3H3,(H,24,27,29)/b20-12-. The normalized spacial score (nSPS) is 15.8. The summed E-state index contributed by atoms with van der Waals surface area (Å²) >= 11 is 0. The highest BCUT2D eigenvalue weighted by atomic mass is 16.3. The zero-order chi connectivity index (χ0) is 21.4. The van der Waals surface area contributed by atoms with Crippen LogP contribution in [0.3, 0.4) is 0 Å². The number of aromatic nitrogens is 1. The lowest BCUT2D eigenvalue weighted by Gasteiger charge is -2.25. The molecule has 0 unspecified atom stereocenters. The van der Waals surface area contributed by atoms with E-state index in [9.17, 15) is 14.4 Å². The second-order valence-corrected chi connectivity index (χ2v) is 7.29. The van der Waals surface area contributed by atoms with Crippen LogP contribution in [-0.2, 0) is 16.1 Å². The molecule has 0 spiro atoms. The molecule has 0 bridgehead atoms. The van der Waals surface area contributed by atoms with E-state index in [1.807, 2.05) is 51.1 Å². The molecular weight excluding hydrogens is 382 g/mol. The molecule has 1 aromatic carbocycles. The first-order chi connectivity index (χ1) is 14.3. The van der Waals surface area contributed by atoms with Crippen molar-refractivity contribution in [3.8, 4) is 5.69 Å². The Balaban J connectivity index is 1.70. The number of imide groups is 2. The van der Waals surface area contributed by atoms with Crippen LogP contribution in [0.1, 0.15) is 28.3 Å². The number of barbiturate groups is 1. The minimum absolute atomic E-state index is 0.0509. The van der Waals surface area contributed by atoms with E-state index < -0.39 is 17.8 Å². The van der Waals surface area contributed by atoms with Gasteiger partial charge in [0, 0.05) is 17.1 Å². The van der Waals surface area contributed by atoms with Gasteiger partial charge in [0.1, 0.15) is 11.3 Å². The Morgan fingerprint density at radius 3 is 2.43 bits per heavy atom. The average molecular weight is 403 g/mol. The molecule has 152 valence electrons.